The number of amides is 2. The average Bonchev–Trinajstić information content (AvgIpc) is 2.91. The molecule has 0 atom stereocenters. The predicted octanol–water partition coefficient (Wildman–Crippen LogP) is 2.12. The maximum Gasteiger partial charge on any atom is 0.225 e. The van der Waals surface area contributed by atoms with Gasteiger partial charge in [-0.1, -0.05) is 32.9 Å². The molecule has 0 aliphatic heterocycles. The van der Waals surface area contributed by atoms with E-state index in [0.717, 1.165) is 16.9 Å². The summed E-state index contributed by atoms with van der Waals surface area (Å²) in [6.45, 7) is 6.48. The largest absolute Gasteiger partial charge is 0.356 e. The number of nitrogens with zero attached hydrogens (tertiary/aromatic N) is 1. The van der Waals surface area contributed by atoms with Crippen molar-refractivity contribution in [3.05, 3.63) is 30.1 Å². The van der Waals surface area contributed by atoms with Crippen LogP contribution in [0.3, 0.4) is 0 Å². The highest BCUT2D eigenvalue weighted by Gasteiger charge is 2.20. The summed E-state index contributed by atoms with van der Waals surface area (Å²) < 4.78 is 0. The molecule has 0 aliphatic rings. The molecule has 2 rings (SSSR count). The molecule has 6 nitrogen and oxygen atoms in total. The van der Waals surface area contributed by atoms with Crippen molar-refractivity contribution in [2.24, 2.45) is 5.41 Å². The van der Waals surface area contributed by atoms with Gasteiger partial charge < -0.3 is 15.6 Å². The van der Waals surface area contributed by atoms with Gasteiger partial charge in [-0.05, 0) is 18.6 Å². The smallest absolute Gasteiger partial charge is 0.225 e. The summed E-state index contributed by atoms with van der Waals surface area (Å²) in [7, 11) is 0. The van der Waals surface area contributed by atoms with Crippen LogP contribution in [0.1, 0.15) is 39.4 Å². The van der Waals surface area contributed by atoms with E-state index in [1.165, 1.54) is 0 Å². The second-order valence-corrected chi connectivity index (χ2v) is 6.59. The zero-order valence-corrected chi connectivity index (χ0v) is 13.9. The van der Waals surface area contributed by atoms with E-state index in [-0.39, 0.29) is 11.8 Å². The number of nitrogens with one attached hydrogen (secondary N) is 3. The Morgan fingerprint density at radius 2 is 1.91 bits per heavy atom. The zero-order valence-electron chi connectivity index (χ0n) is 13.9. The van der Waals surface area contributed by atoms with Crippen LogP contribution in [0.2, 0.25) is 0 Å². The molecule has 1 heterocycles. The van der Waals surface area contributed by atoms with Crippen LogP contribution in [0.15, 0.2) is 24.3 Å². The lowest BCUT2D eigenvalue weighted by Crippen LogP contribution is -2.35. The Hall–Kier alpha value is -2.37. The third-order valence-corrected chi connectivity index (χ3v) is 3.44. The lowest BCUT2D eigenvalue weighted by Gasteiger charge is -2.17. The van der Waals surface area contributed by atoms with Crippen LogP contribution in [0.25, 0.3) is 11.0 Å². The molecule has 0 unspecified atom stereocenters. The molecule has 0 saturated heterocycles. The van der Waals surface area contributed by atoms with E-state index in [1.807, 2.05) is 45.0 Å². The van der Waals surface area contributed by atoms with Gasteiger partial charge in [0.2, 0.25) is 11.8 Å². The monoisotopic (exact) mass is 316 g/mol. The van der Waals surface area contributed by atoms with Crippen LogP contribution in [-0.4, -0.2) is 28.3 Å². The Morgan fingerprint density at radius 3 is 2.61 bits per heavy atom. The Morgan fingerprint density at radius 1 is 1.17 bits per heavy atom. The zero-order chi connectivity index (χ0) is 16.9. The van der Waals surface area contributed by atoms with Crippen molar-refractivity contribution in [1.82, 2.24) is 20.6 Å². The number of benzene rings is 1. The molecule has 124 valence electrons. The van der Waals surface area contributed by atoms with E-state index in [0.29, 0.717) is 25.9 Å². The molecule has 0 bridgehead atoms. The lowest BCUT2D eigenvalue weighted by molar-refractivity contribution is -0.128. The Kier molecular flexibility index (Phi) is 5.36. The Balaban J connectivity index is 1.68. The van der Waals surface area contributed by atoms with E-state index in [1.54, 1.807) is 0 Å². The number of carbonyl (C=O) groups is 2. The number of hydrogen-bond acceptors (Lipinski definition) is 3. The van der Waals surface area contributed by atoms with Crippen molar-refractivity contribution < 1.29 is 9.59 Å². The van der Waals surface area contributed by atoms with E-state index < -0.39 is 5.41 Å². The van der Waals surface area contributed by atoms with E-state index in [4.69, 9.17) is 0 Å². The number of aromatic amines is 1. The molecule has 2 aromatic rings. The third-order valence-electron chi connectivity index (χ3n) is 3.44. The first-order chi connectivity index (χ1) is 10.9. The van der Waals surface area contributed by atoms with Crippen molar-refractivity contribution in [1.29, 1.82) is 0 Å². The average molecular weight is 316 g/mol. The SMILES string of the molecule is CC(C)(C)C(=O)NCCCC(=O)NCc1nc2ccccc2[nH]1. The van der Waals surface area contributed by atoms with Crippen molar-refractivity contribution in [3.63, 3.8) is 0 Å². The normalized spacial score (nSPS) is 11.4. The van der Waals surface area contributed by atoms with Crippen LogP contribution >= 0.6 is 0 Å². The fourth-order valence-corrected chi connectivity index (χ4v) is 2.08. The maximum absolute atomic E-state index is 11.8. The molecule has 0 saturated carbocycles. The molecule has 2 amide bonds. The van der Waals surface area contributed by atoms with Crippen molar-refractivity contribution >= 4 is 22.8 Å². The highest BCUT2D eigenvalue weighted by molar-refractivity contribution is 5.81. The van der Waals surface area contributed by atoms with Gasteiger partial charge in [-0.15, -0.1) is 0 Å². The molecule has 1 aromatic heterocycles. The molecular formula is C17H24N4O2. The van der Waals surface area contributed by atoms with Gasteiger partial charge >= 0.3 is 0 Å². The first-order valence-corrected chi connectivity index (χ1v) is 7.85. The van der Waals surface area contributed by atoms with Gasteiger partial charge in [0.15, 0.2) is 0 Å². The number of carbonyl (C=O) groups excluding carboxylic acids is 2. The Bertz CT molecular complexity index is 652. The summed E-state index contributed by atoms with van der Waals surface area (Å²) in [6.07, 6.45) is 0.998. The van der Waals surface area contributed by atoms with Crippen LogP contribution in [-0.2, 0) is 16.1 Å². The molecule has 0 fully saturated rings. The van der Waals surface area contributed by atoms with Gasteiger partial charge in [0.25, 0.3) is 0 Å². The summed E-state index contributed by atoms with van der Waals surface area (Å²) >= 11 is 0. The van der Waals surface area contributed by atoms with E-state index in [9.17, 15) is 9.59 Å². The van der Waals surface area contributed by atoms with E-state index in [2.05, 4.69) is 20.6 Å². The van der Waals surface area contributed by atoms with Crippen LogP contribution in [0.5, 0.6) is 0 Å². The molecular weight excluding hydrogens is 292 g/mol. The quantitative estimate of drug-likeness (QED) is 0.713. The lowest BCUT2D eigenvalue weighted by atomic mass is 9.96. The van der Waals surface area contributed by atoms with Crippen LogP contribution in [0.4, 0.5) is 0 Å². The number of aromatic nitrogens is 2. The highest BCUT2D eigenvalue weighted by Crippen LogP contribution is 2.12. The molecule has 1 aromatic carbocycles. The molecule has 0 radical (unpaired) electrons. The van der Waals surface area contributed by atoms with Gasteiger partial charge in [-0.3, -0.25) is 9.59 Å². The second kappa shape index (κ2) is 7.26. The Labute approximate surface area is 136 Å². The molecule has 0 spiro atoms. The summed E-state index contributed by atoms with van der Waals surface area (Å²) in [6, 6.07) is 7.74. The molecule has 3 N–H and O–H groups in total. The molecule has 0 aliphatic carbocycles. The minimum absolute atomic E-state index is 0.000170. The van der Waals surface area contributed by atoms with Gasteiger partial charge in [0, 0.05) is 18.4 Å². The summed E-state index contributed by atoms with van der Waals surface area (Å²) in [5.74, 6) is 0.691. The van der Waals surface area contributed by atoms with Crippen LogP contribution in [0, 0.1) is 5.41 Å². The fourth-order valence-electron chi connectivity index (χ4n) is 2.08. The topological polar surface area (TPSA) is 86.9 Å². The molecule has 6 heteroatoms. The minimum Gasteiger partial charge on any atom is -0.356 e. The van der Waals surface area contributed by atoms with Gasteiger partial charge in [-0.25, -0.2) is 4.98 Å². The third kappa shape index (κ3) is 5.09. The second-order valence-electron chi connectivity index (χ2n) is 6.59. The van der Waals surface area contributed by atoms with Gasteiger partial charge in [-0.2, -0.15) is 0 Å². The number of H-pyrrole nitrogens is 1. The number of rotatable bonds is 6. The highest BCUT2D eigenvalue weighted by atomic mass is 16.2. The number of hydrogen-bond donors (Lipinski definition) is 3. The maximum atomic E-state index is 11.8. The number of para-hydroxylation sites is 2. The number of imidazole rings is 1. The predicted molar refractivity (Wildman–Crippen MR) is 89.6 cm³/mol. The van der Waals surface area contributed by atoms with Crippen LogP contribution < -0.4 is 10.6 Å². The number of fused-ring (bicyclic) bond motifs is 1. The van der Waals surface area contributed by atoms with Crippen molar-refractivity contribution in [2.75, 3.05) is 6.54 Å². The standard InChI is InChI=1S/C17H24N4O2/c1-17(2,3)16(23)18-10-6-9-15(22)19-11-14-20-12-7-4-5-8-13(12)21-14/h4-5,7-8H,6,9-11H2,1-3H3,(H,18,23)(H,19,22)(H,20,21). The summed E-state index contributed by atoms with van der Waals surface area (Å²) in [4.78, 5) is 31.1. The van der Waals surface area contributed by atoms with Crippen molar-refractivity contribution in [3.8, 4) is 0 Å². The first kappa shape index (κ1) is 17.0. The van der Waals surface area contributed by atoms with Gasteiger partial charge in [0.05, 0.1) is 17.6 Å². The van der Waals surface area contributed by atoms with E-state index >= 15 is 0 Å². The molecule has 23 heavy (non-hydrogen) atoms. The van der Waals surface area contributed by atoms with Gasteiger partial charge in [0.1, 0.15) is 5.82 Å². The minimum atomic E-state index is -0.399. The van der Waals surface area contributed by atoms with Crippen molar-refractivity contribution in [2.45, 2.75) is 40.2 Å². The summed E-state index contributed by atoms with van der Waals surface area (Å²) in [5, 5.41) is 5.66. The summed E-state index contributed by atoms with van der Waals surface area (Å²) in [5.41, 5.74) is 1.45. The first-order valence-electron chi connectivity index (χ1n) is 7.85. The fraction of sp³-hybridized carbons (Fsp3) is 0.471.